The van der Waals surface area contributed by atoms with Gasteiger partial charge in [-0.05, 0) is 28.1 Å². The summed E-state index contributed by atoms with van der Waals surface area (Å²) in [5, 5.41) is 17.3. The second kappa shape index (κ2) is 4.97. The van der Waals surface area contributed by atoms with E-state index < -0.39 is 12.1 Å². The van der Waals surface area contributed by atoms with Crippen molar-refractivity contribution in [2.45, 2.75) is 6.10 Å². The molecule has 0 heterocycles. The molecule has 4 nitrogen and oxygen atoms in total. The quantitative estimate of drug-likeness (QED) is 0.856. The van der Waals surface area contributed by atoms with Crippen molar-refractivity contribution in [1.29, 1.82) is 0 Å². The molecule has 0 unspecified atom stereocenters. The van der Waals surface area contributed by atoms with Gasteiger partial charge in [-0.1, -0.05) is 12.1 Å². The van der Waals surface area contributed by atoms with Crippen LogP contribution in [0.5, 0.6) is 5.75 Å². The van der Waals surface area contributed by atoms with Crippen LogP contribution in [0.4, 0.5) is 0 Å². The highest BCUT2D eigenvalue weighted by molar-refractivity contribution is 9.10. The van der Waals surface area contributed by atoms with E-state index in [2.05, 4.69) is 15.9 Å². The van der Waals surface area contributed by atoms with Gasteiger partial charge in [0.05, 0.1) is 4.47 Å². The molecule has 0 bridgehead atoms. The van der Waals surface area contributed by atoms with Gasteiger partial charge in [-0.2, -0.15) is 0 Å². The highest BCUT2D eigenvalue weighted by Crippen LogP contribution is 2.23. The predicted molar refractivity (Wildman–Crippen MR) is 53.3 cm³/mol. The fourth-order valence-corrected chi connectivity index (χ4v) is 1.20. The minimum atomic E-state index is -1.50. The number of ether oxygens (including phenoxy) is 1. The lowest BCUT2D eigenvalue weighted by Crippen LogP contribution is -2.26. The topological polar surface area (TPSA) is 66.8 Å². The normalized spacial score (nSPS) is 12.1. The fourth-order valence-electron chi connectivity index (χ4n) is 0.802. The smallest absolute Gasteiger partial charge is 0.336 e. The summed E-state index contributed by atoms with van der Waals surface area (Å²) in [6.07, 6.45) is -1.50. The Kier molecular flexibility index (Phi) is 3.91. The lowest BCUT2D eigenvalue weighted by Gasteiger charge is -2.09. The zero-order chi connectivity index (χ0) is 10.6. The van der Waals surface area contributed by atoms with Crippen molar-refractivity contribution in [3.8, 4) is 5.75 Å². The number of para-hydroxylation sites is 1. The summed E-state index contributed by atoms with van der Waals surface area (Å²) in [7, 11) is 0. The van der Waals surface area contributed by atoms with Crippen molar-refractivity contribution in [3.63, 3.8) is 0 Å². The van der Waals surface area contributed by atoms with E-state index in [-0.39, 0.29) is 6.61 Å². The van der Waals surface area contributed by atoms with Crippen LogP contribution in [-0.4, -0.2) is 28.9 Å². The van der Waals surface area contributed by atoms with Crippen molar-refractivity contribution in [1.82, 2.24) is 0 Å². The molecule has 76 valence electrons. The monoisotopic (exact) mass is 260 g/mol. The van der Waals surface area contributed by atoms with Crippen molar-refractivity contribution in [3.05, 3.63) is 28.7 Å². The standard InChI is InChI=1S/C9H9BrO4/c10-6-3-1-2-4-8(6)14-5-7(11)9(12)13/h1-4,7,11H,5H2,(H,12,13)/t7-/m1/s1. The minimum absolute atomic E-state index is 0.266. The summed E-state index contributed by atoms with van der Waals surface area (Å²) < 4.78 is 5.80. The molecule has 1 rings (SSSR count). The molecule has 0 aromatic heterocycles. The Morgan fingerprint density at radius 3 is 2.71 bits per heavy atom. The molecule has 1 aromatic rings. The van der Waals surface area contributed by atoms with Crippen LogP contribution in [0.2, 0.25) is 0 Å². The number of aliphatic carboxylic acids is 1. The Bertz CT molecular complexity index is 326. The van der Waals surface area contributed by atoms with E-state index in [0.29, 0.717) is 5.75 Å². The first-order valence-corrected chi connectivity index (χ1v) is 4.68. The molecule has 0 saturated heterocycles. The molecule has 0 radical (unpaired) electrons. The SMILES string of the molecule is O=C(O)[C@H](O)COc1ccccc1Br. The van der Waals surface area contributed by atoms with Crippen LogP contribution >= 0.6 is 15.9 Å². The van der Waals surface area contributed by atoms with Gasteiger partial charge in [0.2, 0.25) is 0 Å². The summed E-state index contributed by atoms with van der Waals surface area (Å²) in [6, 6.07) is 7.01. The molecule has 14 heavy (non-hydrogen) atoms. The van der Waals surface area contributed by atoms with E-state index in [9.17, 15) is 4.79 Å². The molecule has 0 spiro atoms. The van der Waals surface area contributed by atoms with Crippen molar-refractivity contribution >= 4 is 21.9 Å². The zero-order valence-corrected chi connectivity index (χ0v) is 8.77. The lowest BCUT2D eigenvalue weighted by atomic mass is 10.3. The molecular weight excluding hydrogens is 252 g/mol. The number of carbonyl (C=O) groups is 1. The fraction of sp³-hybridized carbons (Fsp3) is 0.222. The van der Waals surface area contributed by atoms with Gasteiger partial charge in [-0.25, -0.2) is 4.79 Å². The van der Waals surface area contributed by atoms with E-state index in [1.54, 1.807) is 18.2 Å². The van der Waals surface area contributed by atoms with Gasteiger partial charge in [0.25, 0.3) is 0 Å². The van der Waals surface area contributed by atoms with Crippen LogP contribution in [0, 0.1) is 0 Å². The molecule has 1 atom stereocenters. The van der Waals surface area contributed by atoms with E-state index in [4.69, 9.17) is 14.9 Å². The first-order valence-electron chi connectivity index (χ1n) is 3.89. The summed E-state index contributed by atoms with van der Waals surface area (Å²) in [4.78, 5) is 10.3. The Balaban J connectivity index is 2.54. The maximum Gasteiger partial charge on any atom is 0.336 e. The van der Waals surface area contributed by atoms with Crippen molar-refractivity contribution in [2.24, 2.45) is 0 Å². The summed E-state index contributed by atoms with van der Waals surface area (Å²) >= 11 is 3.23. The summed E-state index contributed by atoms with van der Waals surface area (Å²) in [5.74, 6) is -0.787. The van der Waals surface area contributed by atoms with Crippen LogP contribution in [0.25, 0.3) is 0 Å². The molecule has 0 amide bonds. The first-order chi connectivity index (χ1) is 6.61. The highest BCUT2D eigenvalue weighted by atomic mass is 79.9. The number of hydrogen-bond donors (Lipinski definition) is 2. The van der Waals surface area contributed by atoms with Gasteiger partial charge >= 0.3 is 5.97 Å². The van der Waals surface area contributed by atoms with Crippen LogP contribution in [0.3, 0.4) is 0 Å². The van der Waals surface area contributed by atoms with Gasteiger partial charge in [0.15, 0.2) is 6.10 Å². The third-order valence-electron chi connectivity index (χ3n) is 1.52. The van der Waals surface area contributed by atoms with E-state index in [0.717, 1.165) is 4.47 Å². The second-order valence-corrected chi connectivity index (χ2v) is 3.45. The largest absolute Gasteiger partial charge is 0.489 e. The summed E-state index contributed by atoms with van der Waals surface area (Å²) in [6.45, 7) is -0.266. The average Bonchev–Trinajstić information content (AvgIpc) is 2.16. The number of carboxylic acid groups (broad SMARTS) is 1. The predicted octanol–water partition coefficient (Wildman–Crippen LogP) is 1.27. The van der Waals surface area contributed by atoms with E-state index >= 15 is 0 Å². The number of carboxylic acids is 1. The number of aliphatic hydroxyl groups is 1. The van der Waals surface area contributed by atoms with E-state index in [1.807, 2.05) is 6.07 Å². The van der Waals surface area contributed by atoms with Crippen LogP contribution < -0.4 is 4.74 Å². The van der Waals surface area contributed by atoms with Crippen LogP contribution in [0.1, 0.15) is 0 Å². The number of benzene rings is 1. The summed E-state index contributed by atoms with van der Waals surface area (Å²) in [5.41, 5.74) is 0. The number of rotatable bonds is 4. The average molecular weight is 261 g/mol. The maximum absolute atomic E-state index is 10.3. The molecule has 0 aliphatic carbocycles. The molecule has 0 saturated carbocycles. The number of hydrogen-bond acceptors (Lipinski definition) is 3. The number of aliphatic hydroxyl groups excluding tert-OH is 1. The third kappa shape index (κ3) is 3.01. The van der Waals surface area contributed by atoms with Crippen LogP contribution in [0.15, 0.2) is 28.7 Å². The minimum Gasteiger partial charge on any atom is -0.489 e. The Labute approximate surface area is 89.3 Å². The Morgan fingerprint density at radius 2 is 2.14 bits per heavy atom. The van der Waals surface area contributed by atoms with Crippen LogP contribution in [-0.2, 0) is 4.79 Å². The van der Waals surface area contributed by atoms with Crippen molar-refractivity contribution < 1.29 is 19.7 Å². The Hall–Kier alpha value is -1.07. The lowest BCUT2D eigenvalue weighted by molar-refractivity contribution is -0.148. The molecule has 0 aliphatic rings. The highest BCUT2D eigenvalue weighted by Gasteiger charge is 2.14. The molecular formula is C9H9BrO4. The Morgan fingerprint density at radius 1 is 1.50 bits per heavy atom. The molecule has 1 aromatic carbocycles. The first kappa shape index (κ1) is 11.0. The van der Waals surface area contributed by atoms with Gasteiger partial charge in [0, 0.05) is 0 Å². The molecule has 0 aliphatic heterocycles. The van der Waals surface area contributed by atoms with Gasteiger partial charge in [-0.3, -0.25) is 0 Å². The molecule has 2 N–H and O–H groups in total. The second-order valence-electron chi connectivity index (χ2n) is 2.60. The van der Waals surface area contributed by atoms with Crippen molar-refractivity contribution in [2.75, 3.05) is 6.61 Å². The zero-order valence-electron chi connectivity index (χ0n) is 7.18. The van der Waals surface area contributed by atoms with Gasteiger partial charge in [-0.15, -0.1) is 0 Å². The molecule has 0 fully saturated rings. The third-order valence-corrected chi connectivity index (χ3v) is 2.17. The molecule has 5 heteroatoms. The number of halogens is 1. The van der Waals surface area contributed by atoms with Gasteiger partial charge < -0.3 is 14.9 Å². The van der Waals surface area contributed by atoms with Gasteiger partial charge in [0.1, 0.15) is 12.4 Å². The van der Waals surface area contributed by atoms with E-state index in [1.165, 1.54) is 0 Å². The maximum atomic E-state index is 10.3.